The minimum atomic E-state index is -0.492. The van der Waals surface area contributed by atoms with Crippen molar-refractivity contribution in [1.29, 1.82) is 0 Å². The highest BCUT2D eigenvalue weighted by atomic mass is 19.1. The second kappa shape index (κ2) is 6.51. The molecule has 1 amide bonds. The van der Waals surface area contributed by atoms with Crippen LogP contribution < -0.4 is 4.74 Å². The fourth-order valence-corrected chi connectivity index (χ4v) is 3.90. The summed E-state index contributed by atoms with van der Waals surface area (Å²) < 4.78 is 25.5. The lowest BCUT2D eigenvalue weighted by Crippen LogP contribution is -2.44. The van der Waals surface area contributed by atoms with Crippen LogP contribution >= 0.6 is 0 Å². The van der Waals surface area contributed by atoms with Gasteiger partial charge in [0.05, 0.1) is 12.6 Å². The third-order valence-electron chi connectivity index (χ3n) is 5.04. The zero-order chi connectivity index (χ0) is 16.5. The zero-order valence-corrected chi connectivity index (χ0v) is 13.5. The number of carbonyl (C=O) groups is 1. The van der Waals surface area contributed by atoms with E-state index < -0.39 is 5.82 Å². The molecule has 24 heavy (non-hydrogen) atoms. The van der Waals surface area contributed by atoms with Gasteiger partial charge in [-0.15, -0.1) is 0 Å². The van der Waals surface area contributed by atoms with Gasteiger partial charge in [-0.3, -0.25) is 4.79 Å². The summed E-state index contributed by atoms with van der Waals surface area (Å²) in [7, 11) is 0. The molecule has 0 aromatic carbocycles. The predicted molar refractivity (Wildman–Crippen MR) is 85.0 cm³/mol. The predicted octanol–water partition coefficient (Wildman–Crippen LogP) is 2.47. The molecule has 0 N–H and O–H groups in total. The molecule has 128 valence electrons. The zero-order valence-electron chi connectivity index (χ0n) is 13.5. The topological polar surface area (TPSA) is 51.7 Å². The van der Waals surface area contributed by atoms with Crippen molar-refractivity contribution in [1.82, 2.24) is 9.88 Å². The molecule has 0 saturated carbocycles. The number of nitrogens with zero attached hydrogens (tertiary/aromatic N) is 2. The van der Waals surface area contributed by atoms with Crippen LogP contribution in [-0.2, 0) is 9.53 Å². The quantitative estimate of drug-likeness (QED) is 0.853. The smallest absolute Gasteiger partial charge is 0.250 e. The lowest BCUT2D eigenvalue weighted by molar-refractivity contribution is -0.130. The van der Waals surface area contributed by atoms with Crippen LogP contribution in [0.2, 0.25) is 0 Å². The Bertz CT molecular complexity index is 663. The van der Waals surface area contributed by atoms with E-state index in [2.05, 4.69) is 4.98 Å². The molecule has 0 unspecified atom stereocenters. The molecule has 1 aromatic rings. The van der Waals surface area contributed by atoms with Gasteiger partial charge in [0.2, 0.25) is 5.91 Å². The van der Waals surface area contributed by atoms with Crippen molar-refractivity contribution < 1.29 is 18.7 Å². The number of hydrogen-bond acceptors (Lipinski definition) is 4. The van der Waals surface area contributed by atoms with Crippen molar-refractivity contribution in [3.8, 4) is 5.88 Å². The van der Waals surface area contributed by atoms with Crippen LogP contribution in [0.3, 0.4) is 0 Å². The first-order valence-corrected chi connectivity index (χ1v) is 8.63. The van der Waals surface area contributed by atoms with E-state index >= 15 is 0 Å². The van der Waals surface area contributed by atoms with E-state index in [9.17, 15) is 9.18 Å². The molecule has 0 bridgehead atoms. The first-order valence-electron chi connectivity index (χ1n) is 8.63. The van der Waals surface area contributed by atoms with Gasteiger partial charge in [0.15, 0.2) is 5.82 Å². The molecule has 1 aromatic heterocycles. The number of likely N-dealkylation sites (tertiary alicyclic amines) is 1. The Labute approximate surface area is 140 Å². The van der Waals surface area contributed by atoms with E-state index in [-0.39, 0.29) is 30.0 Å². The third-order valence-corrected chi connectivity index (χ3v) is 5.04. The monoisotopic (exact) mass is 332 g/mol. The molecule has 3 heterocycles. The Morgan fingerprint density at radius 1 is 1.42 bits per heavy atom. The van der Waals surface area contributed by atoms with Crippen LogP contribution in [0.1, 0.15) is 32.1 Å². The summed E-state index contributed by atoms with van der Waals surface area (Å²) in [5.41, 5.74) is 0.893. The maximum absolute atomic E-state index is 13.9. The van der Waals surface area contributed by atoms with Crippen LogP contribution in [0.4, 0.5) is 4.39 Å². The van der Waals surface area contributed by atoms with Gasteiger partial charge < -0.3 is 14.4 Å². The van der Waals surface area contributed by atoms with Crippen LogP contribution in [0, 0.1) is 5.82 Å². The Morgan fingerprint density at radius 3 is 3.12 bits per heavy atom. The van der Waals surface area contributed by atoms with Gasteiger partial charge in [0.25, 0.3) is 5.88 Å². The Hall–Kier alpha value is -1.95. The fraction of sp³-hybridized carbons (Fsp3) is 0.556. The number of ether oxygens (including phenoxy) is 2. The van der Waals surface area contributed by atoms with E-state index in [0.29, 0.717) is 13.2 Å². The molecule has 2 fully saturated rings. The molecule has 0 spiro atoms. The van der Waals surface area contributed by atoms with Crippen LogP contribution in [0.15, 0.2) is 30.0 Å². The number of halogens is 1. The lowest BCUT2D eigenvalue weighted by atomic mass is 10.0. The third kappa shape index (κ3) is 2.79. The summed E-state index contributed by atoms with van der Waals surface area (Å²) in [4.78, 5) is 18.7. The highest BCUT2D eigenvalue weighted by molar-refractivity contribution is 5.94. The van der Waals surface area contributed by atoms with Crippen molar-refractivity contribution in [2.45, 2.75) is 50.4 Å². The largest absolute Gasteiger partial charge is 0.468 e. The number of allylic oxidation sites excluding steroid dienone is 1. The molecule has 4 rings (SSSR count). The van der Waals surface area contributed by atoms with Crippen LogP contribution in [0.25, 0.3) is 0 Å². The fourth-order valence-electron chi connectivity index (χ4n) is 3.90. The summed E-state index contributed by atoms with van der Waals surface area (Å²) in [5.74, 6) is -0.432. The Morgan fingerprint density at radius 2 is 2.33 bits per heavy atom. The number of rotatable bonds is 3. The van der Waals surface area contributed by atoms with Crippen molar-refractivity contribution in [2.24, 2.45) is 0 Å². The molecule has 6 heteroatoms. The van der Waals surface area contributed by atoms with Crippen LogP contribution in [0.5, 0.6) is 5.88 Å². The standard InChI is InChI=1S/C18H21FN2O3/c19-13-7-3-9-20-17(13)24-15-11-21(14-8-4-10-23-16(14)15)18(22)12-5-1-2-6-12/h3,5,7,9,14-16H,1-2,4,6,8,10-11H2/t14-,15-,16+/m1/s1. The normalized spacial score (nSPS) is 29.3. The number of fused-ring (bicyclic) bond motifs is 1. The van der Waals surface area contributed by atoms with Crippen molar-refractivity contribution in [3.05, 3.63) is 35.8 Å². The Balaban J connectivity index is 1.55. The summed E-state index contributed by atoms with van der Waals surface area (Å²) in [6.07, 6.45) is 7.61. The van der Waals surface area contributed by atoms with Crippen LogP contribution in [-0.4, -0.2) is 47.2 Å². The first-order chi connectivity index (χ1) is 11.7. The SMILES string of the molecule is O=C(C1=CCCC1)N1C[C@@H](Oc2ncccc2F)[C@H]2OCCC[C@H]21. The molecule has 1 aliphatic carbocycles. The molecule has 0 radical (unpaired) electrons. The van der Waals surface area contributed by atoms with E-state index in [1.165, 1.54) is 18.3 Å². The van der Waals surface area contributed by atoms with E-state index in [1.807, 2.05) is 11.0 Å². The second-order valence-corrected chi connectivity index (χ2v) is 6.57. The van der Waals surface area contributed by atoms with Gasteiger partial charge in [-0.25, -0.2) is 9.37 Å². The number of hydrogen-bond donors (Lipinski definition) is 0. The van der Waals surface area contributed by atoms with Gasteiger partial charge >= 0.3 is 0 Å². The molecule has 5 nitrogen and oxygen atoms in total. The number of amides is 1. The summed E-state index contributed by atoms with van der Waals surface area (Å²) in [6.45, 7) is 1.07. The van der Waals surface area contributed by atoms with Gasteiger partial charge in [0, 0.05) is 18.4 Å². The number of pyridine rings is 1. The highest BCUT2D eigenvalue weighted by Crippen LogP contribution is 2.33. The first kappa shape index (κ1) is 15.6. The van der Waals surface area contributed by atoms with Gasteiger partial charge in [-0.2, -0.15) is 0 Å². The molecule has 3 atom stereocenters. The van der Waals surface area contributed by atoms with Crippen molar-refractivity contribution >= 4 is 5.91 Å². The molecular formula is C18H21FN2O3. The van der Waals surface area contributed by atoms with E-state index in [4.69, 9.17) is 9.47 Å². The molecule has 3 aliphatic rings. The molecular weight excluding hydrogens is 311 g/mol. The van der Waals surface area contributed by atoms with Gasteiger partial charge in [0.1, 0.15) is 12.2 Å². The van der Waals surface area contributed by atoms with Gasteiger partial charge in [-0.05, 0) is 44.2 Å². The molecule has 2 saturated heterocycles. The maximum atomic E-state index is 13.9. The Kier molecular flexibility index (Phi) is 4.22. The number of aromatic nitrogens is 1. The minimum Gasteiger partial charge on any atom is -0.468 e. The average molecular weight is 332 g/mol. The number of carbonyl (C=O) groups excluding carboxylic acids is 1. The summed E-state index contributed by atoms with van der Waals surface area (Å²) in [6, 6.07) is 2.85. The summed E-state index contributed by atoms with van der Waals surface area (Å²) >= 11 is 0. The van der Waals surface area contributed by atoms with E-state index in [0.717, 1.165) is 37.7 Å². The van der Waals surface area contributed by atoms with Gasteiger partial charge in [-0.1, -0.05) is 6.08 Å². The van der Waals surface area contributed by atoms with E-state index in [1.54, 1.807) is 0 Å². The van der Waals surface area contributed by atoms with Crippen molar-refractivity contribution in [3.63, 3.8) is 0 Å². The second-order valence-electron chi connectivity index (χ2n) is 6.57. The maximum Gasteiger partial charge on any atom is 0.250 e. The highest BCUT2D eigenvalue weighted by Gasteiger charge is 2.48. The lowest BCUT2D eigenvalue weighted by Gasteiger charge is -2.32. The average Bonchev–Trinajstić information content (AvgIpc) is 3.25. The van der Waals surface area contributed by atoms with Crippen molar-refractivity contribution in [2.75, 3.05) is 13.2 Å². The summed E-state index contributed by atoms with van der Waals surface area (Å²) in [5, 5.41) is 0. The minimum absolute atomic E-state index is 0.00419. The molecule has 2 aliphatic heterocycles.